The van der Waals surface area contributed by atoms with Crippen LogP contribution in [0.5, 0.6) is 0 Å². The lowest BCUT2D eigenvalue weighted by Gasteiger charge is -2.36. The minimum atomic E-state index is -0.134. The molecule has 2 heteroatoms. The van der Waals surface area contributed by atoms with Crippen LogP contribution in [0.15, 0.2) is 23.3 Å². The first-order valence-corrected chi connectivity index (χ1v) is 9.03. The Morgan fingerprint density at radius 2 is 1.95 bits per heavy atom. The summed E-state index contributed by atoms with van der Waals surface area (Å²) in [7, 11) is 0. The van der Waals surface area contributed by atoms with Crippen LogP contribution in [0, 0.1) is 17.8 Å². The molecule has 124 valence electrons. The maximum atomic E-state index is 11.2. The van der Waals surface area contributed by atoms with Crippen LogP contribution >= 0.6 is 0 Å². The van der Waals surface area contributed by atoms with Crippen LogP contribution in [-0.4, -0.2) is 12.6 Å². The summed E-state index contributed by atoms with van der Waals surface area (Å²) in [6, 6.07) is 0. The zero-order valence-corrected chi connectivity index (χ0v) is 14.6. The number of hydrogen-bond donors (Lipinski definition) is 0. The zero-order chi connectivity index (χ0) is 15.9. The second-order valence-corrected chi connectivity index (χ2v) is 7.31. The van der Waals surface area contributed by atoms with E-state index in [2.05, 4.69) is 26.0 Å². The molecule has 0 N–H and O–H groups in total. The number of ether oxygens (including phenoxy) is 1. The Kier molecular flexibility index (Phi) is 6.72. The molecule has 0 heterocycles. The van der Waals surface area contributed by atoms with Crippen molar-refractivity contribution in [2.24, 2.45) is 17.8 Å². The zero-order valence-electron chi connectivity index (χ0n) is 14.6. The third-order valence-corrected chi connectivity index (χ3v) is 5.27. The average molecular weight is 304 g/mol. The van der Waals surface area contributed by atoms with Crippen molar-refractivity contribution in [3.05, 3.63) is 23.3 Å². The Balaban J connectivity index is 2.05. The number of hydrogen-bond acceptors (Lipinski definition) is 2. The van der Waals surface area contributed by atoms with Crippen molar-refractivity contribution < 1.29 is 9.53 Å². The van der Waals surface area contributed by atoms with Crippen molar-refractivity contribution >= 4 is 5.97 Å². The highest BCUT2D eigenvalue weighted by atomic mass is 16.5. The third-order valence-electron chi connectivity index (χ3n) is 5.27. The van der Waals surface area contributed by atoms with Crippen molar-refractivity contribution in [3.8, 4) is 0 Å². The van der Waals surface area contributed by atoms with Crippen molar-refractivity contribution in [1.82, 2.24) is 0 Å². The van der Waals surface area contributed by atoms with Crippen LogP contribution in [0.3, 0.4) is 0 Å². The lowest BCUT2D eigenvalue weighted by molar-refractivity contribution is -0.143. The molecular weight excluding hydrogens is 272 g/mol. The Hall–Kier alpha value is -1.05. The molecule has 2 nitrogen and oxygen atoms in total. The van der Waals surface area contributed by atoms with E-state index in [0.29, 0.717) is 18.4 Å². The maximum Gasteiger partial charge on any atom is 0.302 e. The number of rotatable bonds is 6. The molecule has 1 fully saturated rings. The van der Waals surface area contributed by atoms with Gasteiger partial charge in [-0.25, -0.2) is 0 Å². The highest BCUT2D eigenvalue weighted by Crippen LogP contribution is 2.44. The van der Waals surface area contributed by atoms with Crippen molar-refractivity contribution in [2.75, 3.05) is 6.61 Å². The van der Waals surface area contributed by atoms with Gasteiger partial charge in [0.2, 0.25) is 0 Å². The van der Waals surface area contributed by atoms with Crippen molar-refractivity contribution in [2.45, 2.75) is 72.1 Å². The van der Waals surface area contributed by atoms with Crippen molar-refractivity contribution in [3.63, 3.8) is 0 Å². The number of esters is 1. The molecule has 0 aromatic heterocycles. The summed E-state index contributed by atoms with van der Waals surface area (Å²) in [4.78, 5) is 11.2. The first kappa shape index (κ1) is 17.3. The normalized spacial score (nSPS) is 25.7. The fourth-order valence-corrected chi connectivity index (χ4v) is 4.31. The molecular formula is C20H32O2. The maximum absolute atomic E-state index is 11.2. The summed E-state index contributed by atoms with van der Waals surface area (Å²) in [6.45, 7) is 6.50. The van der Waals surface area contributed by atoms with E-state index in [1.165, 1.54) is 51.0 Å². The molecule has 0 aromatic rings. The quantitative estimate of drug-likeness (QED) is 0.482. The predicted molar refractivity (Wildman–Crippen MR) is 91.6 cm³/mol. The van der Waals surface area contributed by atoms with Gasteiger partial charge >= 0.3 is 5.97 Å². The van der Waals surface area contributed by atoms with E-state index in [1.807, 2.05) is 0 Å². The minimum absolute atomic E-state index is 0.134. The molecule has 2 aliphatic carbocycles. The topological polar surface area (TPSA) is 26.3 Å². The number of allylic oxidation sites excluding steroid dienone is 4. The molecule has 0 aromatic carbocycles. The molecule has 22 heavy (non-hydrogen) atoms. The smallest absolute Gasteiger partial charge is 0.302 e. The van der Waals surface area contributed by atoms with Gasteiger partial charge in [-0.2, -0.15) is 0 Å². The van der Waals surface area contributed by atoms with E-state index < -0.39 is 0 Å². The van der Waals surface area contributed by atoms with Gasteiger partial charge in [0.15, 0.2) is 0 Å². The molecule has 0 saturated heterocycles. The molecule has 2 unspecified atom stereocenters. The fourth-order valence-electron chi connectivity index (χ4n) is 4.31. The van der Waals surface area contributed by atoms with Gasteiger partial charge < -0.3 is 4.74 Å². The van der Waals surface area contributed by atoms with E-state index in [0.717, 1.165) is 18.8 Å². The summed E-state index contributed by atoms with van der Waals surface area (Å²) < 4.78 is 5.38. The molecule has 0 spiro atoms. The summed E-state index contributed by atoms with van der Waals surface area (Å²) in [5.74, 6) is 1.88. The summed E-state index contributed by atoms with van der Waals surface area (Å²) in [6.07, 6.45) is 15.0. The molecule has 0 aliphatic heterocycles. The number of carbonyl (C=O) groups is 1. The highest BCUT2D eigenvalue weighted by Gasteiger charge is 2.35. The minimum Gasteiger partial charge on any atom is -0.466 e. The van der Waals surface area contributed by atoms with E-state index in [-0.39, 0.29) is 5.97 Å². The Labute approximate surface area is 136 Å². The van der Waals surface area contributed by atoms with Gasteiger partial charge in [0.1, 0.15) is 0 Å². The fraction of sp³-hybridized carbons (Fsp3) is 0.750. The SMILES string of the molecule is CC(=O)OCC1CCC=C(CCC=C(C)C)C1C1CCCC1. The van der Waals surface area contributed by atoms with Gasteiger partial charge in [0.25, 0.3) is 0 Å². The predicted octanol–water partition coefficient (Wildman–Crippen LogP) is 5.44. The van der Waals surface area contributed by atoms with Gasteiger partial charge in [-0.3, -0.25) is 4.79 Å². The number of carbonyl (C=O) groups excluding carboxylic acids is 1. The molecule has 2 atom stereocenters. The van der Waals surface area contributed by atoms with Gasteiger partial charge in [-0.15, -0.1) is 0 Å². The second-order valence-electron chi connectivity index (χ2n) is 7.31. The molecule has 0 radical (unpaired) electrons. The van der Waals surface area contributed by atoms with Gasteiger partial charge in [-0.1, -0.05) is 36.1 Å². The Bertz CT molecular complexity index is 423. The van der Waals surface area contributed by atoms with Crippen LogP contribution in [0.1, 0.15) is 72.1 Å². The van der Waals surface area contributed by atoms with Crippen molar-refractivity contribution in [1.29, 1.82) is 0 Å². The second kappa shape index (κ2) is 8.55. The van der Waals surface area contributed by atoms with Crippen LogP contribution in [-0.2, 0) is 9.53 Å². The van der Waals surface area contributed by atoms with E-state index in [9.17, 15) is 4.79 Å². The summed E-state index contributed by atoms with van der Waals surface area (Å²) in [5, 5.41) is 0. The van der Waals surface area contributed by atoms with Crippen LogP contribution in [0.4, 0.5) is 0 Å². The molecule has 2 aliphatic rings. The van der Waals surface area contributed by atoms with E-state index >= 15 is 0 Å². The highest BCUT2D eigenvalue weighted by molar-refractivity contribution is 5.65. The monoisotopic (exact) mass is 304 g/mol. The van der Waals surface area contributed by atoms with Gasteiger partial charge in [-0.05, 0) is 64.2 Å². The van der Waals surface area contributed by atoms with Crippen LogP contribution in [0.2, 0.25) is 0 Å². The van der Waals surface area contributed by atoms with Gasteiger partial charge in [0, 0.05) is 12.8 Å². The van der Waals surface area contributed by atoms with Crippen LogP contribution in [0.25, 0.3) is 0 Å². The van der Waals surface area contributed by atoms with E-state index in [4.69, 9.17) is 4.74 Å². The summed E-state index contributed by atoms with van der Waals surface area (Å²) in [5.41, 5.74) is 3.05. The summed E-state index contributed by atoms with van der Waals surface area (Å²) >= 11 is 0. The Morgan fingerprint density at radius 3 is 2.59 bits per heavy atom. The lowest BCUT2D eigenvalue weighted by Crippen LogP contribution is -2.30. The molecule has 0 amide bonds. The molecule has 2 rings (SSSR count). The Morgan fingerprint density at radius 1 is 1.23 bits per heavy atom. The van der Waals surface area contributed by atoms with Gasteiger partial charge in [0.05, 0.1) is 6.61 Å². The first-order chi connectivity index (χ1) is 10.6. The van der Waals surface area contributed by atoms with E-state index in [1.54, 1.807) is 5.57 Å². The average Bonchev–Trinajstić information content (AvgIpc) is 2.98. The lowest BCUT2D eigenvalue weighted by atomic mass is 9.70. The third kappa shape index (κ3) is 5.00. The standard InChI is InChI=1S/C20H32O2/c1-15(2)8-6-11-18-12-7-13-19(14-22-16(3)21)20(18)17-9-4-5-10-17/h8,12,17,19-20H,4-7,9-11,13-14H2,1-3H3. The molecule has 0 bridgehead atoms. The largest absolute Gasteiger partial charge is 0.466 e. The molecule has 1 saturated carbocycles. The van der Waals surface area contributed by atoms with Crippen LogP contribution < -0.4 is 0 Å². The first-order valence-electron chi connectivity index (χ1n) is 9.03.